The number of benzene rings is 3. The first-order valence-electron chi connectivity index (χ1n) is 11.3. The molecule has 0 spiro atoms. The maximum absolute atomic E-state index is 13.5. The van der Waals surface area contributed by atoms with Crippen molar-refractivity contribution >= 4 is 17.9 Å². The molecule has 0 aromatic heterocycles. The number of nitrogens with zero attached hydrogens (tertiary/aromatic N) is 1. The van der Waals surface area contributed by atoms with Crippen molar-refractivity contribution in [3.05, 3.63) is 89.0 Å². The number of carbonyl (C=O) groups is 3. The lowest BCUT2D eigenvalue weighted by Gasteiger charge is -2.23. The predicted octanol–water partition coefficient (Wildman–Crippen LogP) is 4.35. The van der Waals surface area contributed by atoms with Gasteiger partial charge in [-0.15, -0.1) is 0 Å². The smallest absolute Gasteiger partial charge is 0.325 e. The minimum absolute atomic E-state index is 0.0918. The van der Waals surface area contributed by atoms with Crippen molar-refractivity contribution in [3.63, 3.8) is 0 Å². The highest BCUT2D eigenvalue weighted by molar-refractivity contribution is 6.07. The fourth-order valence-electron chi connectivity index (χ4n) is 4.41. The molecule has 1 heterocycles. The van der Waals surface area contributed by atoms with Gasteiger partial charge in [-0.25, -0.2) is 4.79 Å². The Morgan fingerprint density at radius 3 is 2.40 bits per heavy atom. The molecule has 1 aliphatic rings. The molecule has 4 rings (SSSR count). The van der Waals surface area contributed by atoms with Crippen LogP contribution in [0.2, 0.25) is 0 Å². The van der Waals surface area contributed by atoms with Gasteiger partial charge in [-0.05, 0) is 48.2 Å². The van der Waals surface area contributed by atoms with Gasteiger partial charge < -0.3 is 14.8 Å². The third-order valence-electron chi connectivity index (χ3n) is 6.35. The maximum atomic E-state index is 13.5. The SMILES string of the molecule is COC(=O)Cc1ccc(OC)c(-c2ccc(C)cc2CN2C(=O)NC(C)(c3ccccc3)C2=O)c1. The first kappa shape index (κ1) is 24.0. The lowest BCUT2D eigenvalue weighted by atomic mass is 9.91. The van der Waals surface area contributed by atoms with Crippen molar-refractivity contribution in [2.45, 2.75) is 32.4 Å². The van der Waals surface area contributed by atoms with E-state index < -0.39 is 11.6 Å². The Hall–Kier alpha value is -4.13. The molecule has 7 heteroatoms. The molecule has 3 amide bonds. The van der Waals surface area contributed by atoms with E-state index >= 15 is 0 Å². The van der Waals surface area contributed by atoms with Crippen LogP contribution in [0.15, 0.2) is 66.7 Å². The molecule has 0 radical (unpaired) electrons. The van der Waals surface area contributed by atoms with Gasteiger partial charge in [0.15, 0.2) is 0 Å². The molecule has 180 valence electrons. The summed E-state index contributed by atoms with van der Waals surface area (Å²) < 4.78 is 10.4. The second-order valence-corrected chi connectivity index (χ2v) is 8.76. The number of esters is 1. The van der Waals surface area contributed by atoms with Gasteiger partial charge in [-0.1, -0.05) is 60.2 Å². The monoisotopic (exact) mass is 472 g/mol. The van der Waals surface area contributed by atoms with Crippen LogP contribution in [0.4, 0.5) is 4.79 Å². The average molecular weight is 473 g/mol. The minimum Gasteiger partial charge on any atom is -0.496 e. The van der Waals surface area contributed by atoms with Gasteiger partial charge in [0.2, 0.25) is 0 Å². The molecule has 1 saturated heterocycles. The van der Waals surface area contributed by atoms with Crippen molar-refractivity contribution in [2.75, 3.05) is 14.2 Å². The van der Waals surface area contributed by atoms with E-state index in [9.17, 15) is 14.4 Å². The van der Waals surface area contributed by atoms with Crippen molar-refractivity contribution in [1.82, 2.24) is 10.2 Å². The summed E-state index contributed by atoms with van der Waals surface area (Å²) in [6.45, 7) is 3.77. The Kier molecular flexibility index (Phi) is 6.60. The summed E-state index contributed by atoms with van der Waals surface area (Å²) in [5.74, 6) is -0.0348. The summed E-state index contributed by atoms with van der Waals surface area (Å²) >= 11 is 0. The molecule has 7 nitrogen and oxygen atoms in total. The summed E-state index contributed by atoms with van der Waals surface area (Å²) in [4.78, 5) is 39.5. The van der Waals surface area contributed by atoms with Crippen LogP contribution in [0.25, 0.3) is 11.1 Å². The van der Waals surface area contributed by atoms with Crippen LogP contribution < -0.4 is 10.1 Å². The fourth-order valence-corrected chi connectivity index (χ4v) is 4.41. The fraction of sp³-hybridized carbons (Fsp3) is 0.250. The zero-order chi connectivity index (χ0) is 25.2. The van der Waals surface area contributed by atoms with Gasteiger partial charge in [0, 0.05) is 5.56 Å². The molecule has 0 saturated carbocycles. The van der Waals surface area contributed by atoms with Gasteiger partial charge in [0.25, 0.3) is 5.91 Å². The summed E-state index contributed by atoms with van der Waals surface area (Å²) in [6, 6.07) is 20.1. The molecule has 1 aliphatic heterocycles. The molecule has 1 atom stereocenters. The van der Waals surface area contributed by atoms with Crippen molar-refractivity contribution < 1.29 is 23.9 Å². The molecule has 1 unspecified atom stereocenters. The van der Waals surface area contributed by atoms with E-state index in [1.54, 1.807) is 20.1 Å². The van der Waals surface area contributed by atoms with Crippen molar-refractivity contribution in [3.8, 4) is 16.9 Å². The lowest BCUT2D eigenvalue weighted by Crippen LogP contribution is -2.40. The van der Waals surface area contributed by atoms with Gasteiger partial charge in [0.05, 0.1) is 27.2 Å². The number of nitrogens with one attached hydrogen (secondary N) is 1. The van der Waals surface area contributed by atoms with Crippen molar-refractivity contribution in [1.29, 1.82) is 0 Å². The topological polar surface area (TPSA) is 84.9 Å². The standard InChI is InChI=1S/C28H28N2O5/c1-18-10-12-22(23-15-19(16-25(31)35-4)11-13-24(23)34-3)20(14-18)17-30-26(32)28(2,29-27(30)33)21-8-6-5-7-9-21/h5-15H,16-17H2,1-4H3,(H,29,33). The molecular weight excluding hydrogens is 444 g/mol. The van der Waals surface area contributed by atoms with Crippen LogP contribution in [0.3, 0.4) is 0 Å². The third kappa shape index (κ3) is 4.62. The van der Waals surface area contributed by atoms with Gasteiger partial charge in [-0.3, -0.25) is 14.5 Å². The Labute approximate surface area is 204 Å². The summed E-state index contributed by atoms with van der Waals surface area (Å²) in [5, 5.41) is 2.86. The number of amides is 3. The van der Waals surface area contributed by atoms with Crippen LogP contribution in [0.5, 0.6) is 5.75 Å². The molecule has 0 bridgehead atoms. The van der Waals surface area contributed by atoms with Gasteiger partial charge >= 0.3 is 12.0 Å². The zero-order valence-corrected chi connectivity index (χ0v) is 20.3. The molecule has 1 N–H and O–H groups in total. The molecule has 1 fully saturated rings. The lowest BCUT2D eigenvalue weighted by molar-refractivity contribution is -0.139. The number of methoxy groups -OCH3 is 2. The van der Waals surface area contributed by atoms with E-state index in [4.69, 9.17) is 9.47 Å². The zero-order valence-electron chi connectivity index (χ0n) is 20.3. The summed E-state index contributed by atoms with van der Waals surface area (Å²) in [5.41, 5.74) is 3.72. The number of rotatable bonds is 7. The summed E-state index contributed by atoms with van der Waals surface area (Å²) in [7, 11) is 2.93. The van der Waals surface area contributed by atoms with Crippen molar-refractivity contribution in [2.24, 2.45) is 0 Å². The number of hydrogen-bond acceptors (Lipinski definition) is 5. The van der Waals surface area contributed by atoms with Crippen LogP contribution in [-0.2, 0) is 32.8 Å². The Bertz CT molecular complexity index is 1290. The first-order valence-corrected chi connectivity index (χ1v) is 11.3. The number of ether oxygens (including phenoxy) is 2. The molecular formula is C28H28N2O5. The van der Waals surface area contributed by atoms with E-state index in [1.807, 2.05) is 67.6 Å². The molecule has 3 aromatic carbocycles. The quantitative estimate of drug-likeness (QED) is 0.408. The van der Waals surface area contributed by atoms with E-state index in [0.717, 1.165) is 33.4 Å². The van der Waals surface area contributed by atoms with E-state index in [0.29, 0.717) is 5.75 Å². The highest BCUT2D eigenvalue weighted by atomic mass is 16.5. The van der Waals surface area contributed by atoms with Gasteiger partial charge in [-0.2, -0.15) is 0 Å². The van der Waals surface area contributed by atoms with Crippen LogP contribution in [0, 0.1) is 6.92 Å². The summed E-state index contributed by atoms with van der Waals surface area (Å²) in [6.07, 6.45) is 0.122. The number of urea groups is 1. The average Bonchev–Trinajstić information content (AvgIpc) is 3.08. The molecule has 35 heavy (non-hydrogen) atoms. The number of hydrogen-bond donors (Lipinski definition) is 1. The largest absolute Gasteiger partial charge is 0.496 e. The molecule has 0 aliphatic carbocycles. The van der Waals surface area contributed by atoms with Crippen LogP contribution in [-0.4, -0.2) is 37.0 Å². The molecule has 3 aromatic rings. The first-order chi connectivity index (χ1) is 16.8. The Balaban J connectivity index is 1.73. The second-order valence-electron chi connectivity index (χ2n) is 8.76. The van der Waals surface area contributed by atoms with E-state index in [1.165, 1.54) is 12.0 Å². The predicted molar refractivity (Wildman–Crippen MR) is 132 cm³/mol. The van der Waals surface area contributed by atoms with E-state index in [2.05, 4.69) is 5.32 Å². The van der Waals surface area contributed by atoms with Gasteiger partial charge in [0.1, 0.15) is 11.3 Å². The van der Waals surface area contributed by atoms with Crippen LogP contribution in [0.1, 0.15) is 29.2 Å². The third-order valence-corrected chi connectivity index (χ3v) is 6.35. The maximum Gasteiger partial charge on any atom is 0.325 e. The number of imide groups is 1. The van der Waals surface area contributed by atoms with E-state index in [-0.39, 0.29) is 24.8 Å². The normalized spacial score (nSPS) is 17.3. The minimum atomic E-state index is -1.14. The second kappa shape index (κ2) is 9.62. The Morgan fingerprint density at radius 2 is 1.71 bits per heavy atom. The number of carbonyl (C=O) groups excluding carboxylic acids is 3. The van der Waals surface area contributed by atoms with Crippen LogP contribution >= 0.6 is 0 Å². The number of aryl methyl sites for hydroxylation is 1. The highest BCUT2D eigenvalue weighted by Gasteiger charge is 2.48. The Morgan fingerprint density at radius 1 is 0.971 bits per heavy atom. The highest BCUT2D eigenvalue weighted by Crippen LogP contribution is 2.36.